The van der Waals surface area contributed by atoms with Crippen molar-refractivity contribution in [2.75, 3.05) is 6.61 Å². The fourth-order valence-corrected chi connectivity index (χ4v) is 0.986. The third kappa shape index (κ3) is 7.27. The molecule has 8 heteroatoms. The number of carbonyl (C=O) groups excluding carboxylic acids is 2. The van der Waals surface area contributed by atoms with Crippen LogP contribution in [0, 0.1) is 17.2 Å². The van der Waals surface area contributed by atoms with Gasteiger partial charge in [0.05, 0.1) is 6.07 Å². The Bertz CT molecular complexity index is 333. The normalized spacial score (nSPS) is 12.8. The summed E-state index contributed by atoms with van der Waals surface area (Å²) >= 11 is 16.1. The van der Waals surface area contributed by atoms with Crippen molar-refractivity contribution in [3.63, 3.8) is 0 Å². The lowest BCUT2D eigenvalue weighted by Gasteiger charge is -2.14. The highest BCUT2D eigenvalue weighted by molar-refractivity contribution is 6.67. The van der Waals surface area contributed by atoms with Crippen LogP contribution in [0.1, 0.15) is 13.8 Å². The third-order valence-corrected chi connectivity index (χ3v) is 1.76. The maximum Gasteiger partial charge on any atom is 0.333 e. The molecule has 0 spiro atoms. The molecule has 0 aromatic rings. The molecule has 0 aliphatic carbocycles. The molecule has 0 aromatic heterocycles. The average Bonchev–Trinajstić information content (AvgIpc) is 2.13. The number of hydrogen-bond donors (Lipinski definition) is 1. The SMILES string of the molecule is CC(C)NC(=O)C(C#N)C(=O)OCC(Cl)(Cl)Cl. The standard InChI is InChI=1S/C9H11Cl3N2O3/c1-5(2)14-7(15)6(3-13)8(16)17-4-9(10,11)12/h5-6H,4H2,1-2H3,(H,14,15). The first-order valence-corrected chi connectivity index (χ1v) is 5.74. The van der Waals surface area contributed by atoms with E-state index >= 15 is 0 Å². The Morgan fingerprint density at radius 3 is 2.29 bits per heavy atom. The highest BCUT2D eigenvalue weighted by Crippen LogP contribution is 2.26. The average molecular weight is 302 g/mol. The van der Waals surface area contributed by atoms with Gasteiger partial charge in [-0.05, 0) is 13.8 Å². The van der Waals surface area contributed by atoms with E-state index in [1.165, 1.54) is 6.07 Å². The molecular weight excluding hydrogens is 290 g/mol. The number of ether oxygens (including phenoxy) is 1. The number of nitriles is 1. The molecule has 1 atom stereocenters. The summed E-state index contributed by atoms with van der Waals surface area (Å²) in [7, 11) is 0. The fourth-order valence-electron chi connectivity index (χ4n) is 0.823. The lowest BCUT2D eigenvalue weighted by molar-refractivity contribution is -0.150. The van der Waals surface area contributed by atoms with Gasteiger partial charge in [0.15, 0.2) is 0 Å². The van der Waals surface area contributed by atoms with E-state index in [0.29, 0.717) is 0 Å². The predicted octanol–water partition coefficient (Wildman–Crippen LogP) is 1.56. The Hall–Kier alpha value is -0.700. The fraction of sp³-hybridized carbons (Fsp3) is 0.667. The van der Waals surface area contributed by atoms with Crippen LogP contribution in [-0.2, 0) is 14.3 Å². The van der Waals surface area contributed by atoms with E-state index in [0.717, 1.165) is 0 Å². The summed E-state index contributed by atoms with van der Waals surface area (Å²) in [6.07, 6.45) is 0. The van der Waals surface area contributed by atoms with E-state index in [-0.39, 0.29) is 6.04 Å². The number of esters is 1. The van der Waals surface area contributed by atoms with Crippen LogP contribution in [0.15, 0.2) is 0 Å². The topological polar surface area (TPSA) is 79.2 Å². The number of nitrogens with one attached hydrogen (secondary N) is 1. The van der Waals surface area contributed by atoms with Crippen LogP contribution in [0.3, 0.4) is 0 Å². The van der Waals surface area contributed by atoms with E-state index in [9.17, 15) is 9.59 Å². The van der Waals surface area contributed by atoms with Gasteiger partial charge in [0.25, 0.3) is 0 Å². The lowest BCUT2D eigenvalue weighted by atomic mass is 10.1. The second-order valence-corrected chi connectivity index (χ2v) is 5.96. The van der Waals surface area contributed by atoms with Gasteiger partial charge >= 0.3 is 5.97 Å². The molecule has 5 nitrogen and oxygen atoms in total. The Labute approximate surface area is 114 Å². The molecule has 0 rings (SSSR count). The molecule has 1 unspecified atom stereocenters. The van der Waals surface area contributed by atoms with Crippen molar-refractivity contribution >= 4 is 46.7 Å². The van der Waals surface area contributed by atoms with Crippen LogP contribution in [0.2, 0.25) is 0 Å². The molecule has 0 saturated carbocycles. The van der Waals surface area contributed by atoms with Crippen molar-refractivity contribution < 1.29 is 14.3 Å². The predicted molar refractivity (Wildman–Crippen MR) is 63.6 cm³/mol. The van der Waals surface area contributed by atoms with Crippen molar-refractivity contribution in [3.8, 4) is 6.07 Å². The first kappa shape index (κ1) is 16.3. The van der Waals surface area contributed by atoms with E-state index in [1.54, 1.807) is 13.8 Å². The van der Waals surface area contributed by atoms with E-state index in [4.69, 9.17) is 40.1 Å². The van der Waals surface area contributed by atoms with Crippen LogP contribution in [0.25, 0.3) is 0 Å². The van der Waals surface area contributed by atoms with Gasteiger partial charge in [-0.3, -0.25) is 9.59 Å². The van der Waals surface area contributed by atoms with Crippen molar-refractivity contribution in [1.82, 2.24) is 5.32 Å². The zero-order chi connectivity index (χ0) is 13.6. The molecule has 1 amide bonds. The molecule has 0 saturated heterocycles. The number of halogens is 3. The second kappa shape index (κ2) is 6.90. The van der Waals surface area contributed by atoms with Gasteiger partial charge in [0, 0.05) is 6.04 Å². The number of nitrogens with zero attached hydrogens (tertiary/aromatic N) is 1. The molecule has 1 N–H and O–H groups in total. The molecule has 0 fully saturated rings. The van der Waals surface area contributed by atoms with Gasteiger partial charge in [-0.15, -0.1) is 0 Å². The molecule has 0 aliphatic rings. The van der Waals surface area contributed by atoms with Gasteiger partial charge in [0.2, 0.25) is 15.6 Å². The summed E-state index contributed by atoms with van der Waals surface area (Å²) in [4.78, 5) is 22.8. The number of rotatable bonds is 4. The highest BCUT2D eigenvalue weighted by atomic mass is 35.6. The van der Waals surface area contributed by atoms with Gasteiger partial charge in [-0.1, -0.05) is 34.8 Å². The minimum atomic E-state index is -1.77. The Morgan fingerprint density at radius 2 is 1.94 bits per heavy atom. The van der Waals surface area contributed by atoms with Crippen LogP contribution >= 0.6 is 34.8 Å². The summed E-state index contributed by atoms with van der Waals surface area (Å²) in [5.74, 6) is -3.35. The summed E-state index contributed by atoms with van der Waals surface area (Å²) in [5.41, 5.74) is 0. The summed E-state index contributed by atoms with van der Waals surface area (Å²) in [6.45, 7) is 2.86. The van der Waals surface area contributed by atoms with Gasteiger partial charge in [0.1, 0.15) is 6.61 Å². The smallest absolute Gasteiger partial charge is 0.333 e. The monoisotopic (exact) mass is 300 g/mol. The number of hydrogen-bond acceptors (Lipinski definition) is 4. The van der Waals surface area contributed by atoms with Crippen LogP contribution in [0.4, 0.5) is 0 Å². The van der Waals surface area contributed by atoms with Crippen molar-refractivity contribution in [2.45, 2.75) is 23.7 Å². The molecule has 17 heavy (non-hydrogen) atoms. The van der Waals surface area contributed by atoms with Crippen LogP contribution in [0.5, 0.6) is 0 Å². The first-order chi connectivity index (χ1) is 7.67. The van der Waals surface area contributed by atoms with Crippen molar-refractivity contribution in [3.05, 3.63) is 0 Å². The molecule has 0 radical (unpaired) electrons. The second-order valence-electron chi connectivity index (χ2n) is 3.45. The first-order valence-electron chi connectivity index (χ1n) is 4.60. The third-order valence-electron chi connectivity index (χ3n) is 1.44. The molecule has 0 bridgehead atoms. The minimum Gasteiger partial charge on any atom is -0.460 e. The minimum absolute atomic E-state index is 0.195. The number of carbonyl (C=O) groups is 2. The highest BCUT2D eigenvalue weighted by Gasteiger charge is 2.31. The van der Waals surface area contributed by atoms with Gasteiger partial charge in [-0.2, -0.15) is 5.26 Å². The maximum atomic E-state index is 11.4. The van der Waals surface area contributed by atoms with E-state index < -0.39 is 28.2 Å². The lowest BCUT2D eigenvalue weighted by Crippen LogP contribution is -2.39. The van der Waals surface area contributed by atoms with Crippen molar-refractivity contribution in [2.24, 2.45) is 5.92 Å². The Balaban J connectivity index is 4.43. The van der Waals surface area contributed by atoms with Crippen molar-refractivity contribution in [1.29, 1.82) is 5.26 Å². The van der Waals surface area contributed by atoms with Gasteiger partial charge < -0.3 is 10.1 Å². The molecule has 0 heterocycles. The zero-order valence-corrected chi connectivity index (χ0v) is 11.4. The van der Waals surface area contributed by atoms with Crippen LogP contribution in [-0.4, -0.2) is 28.3 Å². The van der Waals surface area contributed by atoms with E-state index in [2.05, 4.69) is 10.1 Å². The van der Waals surface area contributed by atoms with Crippen LogP contribution < -0.4 is 5.32 Å². The summed E-state index contributed by atoms with van der Waals surface area (Å²) < 4.78 is 2.77. The molecular formula is C9H11Cl3N2O3. The number of alkyl halides is 3. The Kier molecular flexibility index (Phi) is 6.61. The Morgan fingerprint density at radius 1 is 1.41 bits per heavy atom. The van der Waals surface area contributed by atoms with E-state index in [1.807, 2.05) is 0 Å². The number of amides is 1. The quantitative estimate of drug-likeness (QED) is 0.485. The molecule has 96 valence electrons. The molecule has 0 aliphatic heterocycles. The molecule has 0 aromatic carbocycles. The van der Waals surface area contributed by atoms with Gasteiger partial charge in [-0.25, -0.2) is 0 Å². The zero-order valence-electron chi connectivity index (χ0n) is 9.17. The summed E-state index contributed by atoms with van der Waals surface area (Å²) in [6, 6.07) is 1.33. The maximum absolute atomic E-state index is 11.4. The summed E-state index contributed by atoms with van der Waals surface area (Å²) in [5, 5.41) is 11.1. The largest absolute Gasteiger partial charge is 0.460 e.